The van der Waals surface area contributed by atoms with Crippen LogP contribution in [0.15, 0.2) is 48.5 Å². The Hall–Kier alpha value is -1.84. The van der Waals surface area contributed by atoms with Crippen molar-refractivity contribution in [2.24, 2.45) is 0 Å². The first-order valence-electron chi connectivity index (χ1n) is 6.91. The molecule has 1 aliphatic rings. The number of carboxylic acid groups (broad SMARTS) is 1. The van der Waals surface area contributed by atoms with Gasteiger partial charge in [0.15, 0.2) is 0 Å². The van der Waals surface area contributed by atoms with Gasteiger partial charge in [-0.05, 0) is 35.2 Å². The van der Waals surface area contributed by atoms with Crippen molar-refractivity contribution < 1.29 is 9.90 Å². The van der Waals surface area contributed by atoms with E-state index in [0.29, 0.717) is 24.5 Å². The lowest BCUT2D eigenvalue weighted by Gasteiger charge is -2.34. The summed E-state index contributed by atoms with van der Waals surface area (Å²) in [7, 11) is 0. The highest BCUT2D eigenvalue weighted by Crippen LogP contribution is 2.27. The van der Waals surface area contributed by atoms with E-state index in [9.17, 15) is 9.90 Å². The van der Waals surface area contributed by atoms with Gasteiger partial charge in [0, 0.05) is 18.1 Å². The van der Waals surface area contributed by atoms with E-state index in [4.69, 9.17) is 11.6 Å². The van der Waals surface area contributed by atoms with E-state index < -0.39 is 12.0 Å². The number of rotatable bonds is 3. The molecule has 2 aromatic rings. The summed E-state index contributed by atoms with van der Waals surface area (Å²) < 4.78 is 0. The second-order valence-corrected chi connectivity index (χ2v) is 5.80. The van der Waals surface area contributed by atoms with Gasteiger partial charge in [-0.3, -0.25) is 9.69 Å². The molecule has 1 heterocycles. The first-order chi connectivity index (χ1) is 10.1. The topological polar surface area (TPSA) is 40.5 Å². The molecule has 0 aliphatic carbocycles. The lowest BCUT2D eigenvalue weighted by atomic mass is 9.93. The highest BCUT2D eigenvalue weighted by atomic mass is 35.5. The molecule has 108 valence electrons. The molecule has 0 aromatic heterocycles. The molecule has 4 heteroatoms. The van der Waals surface area contributed by atoms with E-state index in [0.717, 1.165) is 16.7 Å². The molecule has 0 saturated heterocycles. The van der Waals surface area contributed by atoms with E-state index in [1.54, 1.807) is 0 Å². The molecule has 0 amide bonds. The molecule has 3 nitrogen and oxygen atoms in total. The van der Waals surface area contributed by atoms with Gasteiger partial charge in [0.05, 0.1) is 0 Å². The fourth-order valence-electron chi connectivity index (χ4n) is 2.83. The lowest BCUT2D eigenvalue weighted by Crippen LogP contribution is -2.45. The van der Waals surface area contributed by atoms with Crippen LogP contribution in [0.1, 0.15) is 16.7 Å². The van der Waals surface area contributed by atoms with E-state index >= 15 is 0 Å². The number of carbonyl (C=O) groups is 1. The minimum absolute atomic E-state index is 0.487. The van der Waals surface area contributed by atoms with Crippen molar-refractivity contribution in [3.05, 3.63) is 70.2 Å². The Balaban J connectivity index is 1.89. The molecule has 1 unspecified atom stereocenters. The van der Waals surface area contributed by atoms with Crippen LogP contribution in [0.2, 0.25) is 5.02 Å². The van der Waals surface area contributed by atoms with Gasteiger partial charge in [-0.2, -0.15) is 0 Å². The summed E-state index contributed by atoms with van der Waals surface area (Å²) in [5, 5.41) is 10.2. The average molecular weight is 302 g/mol. The quantitative estimate of drug-likeness (QED) is 0.945. The van der Waals surface area contributed by atoms with Gasteiger partial charge in [0.1, 0.15) is 6.04 Å². The summed E-state index contributed by atoms with van der Waals surface area (Å²) in [5.41, 5.74) is 3.32. The average Bonchev–Trinajstić information content (AvgIpc) is 2.47. The maximum atomic E-state index is 11.6. The minimum atomic E-state index is -0.772. The van der Waals surface area contributed by atoms with E-state index in [1.807, 2.05) is 53.4 Å². The third-order valence-electron chi connectivity index (χ3n) is 3.91. The van der Waals surface area contributed by atoms with Crippen molar-refractivity contribution in [3.63, 3.8) is 0 Å². The molecule has 1 aliphatic heterocycles. The first kappa shape index (κ1) is 14.1. The van der Waals surface area contributed by atoms with Crippen LogP contribution in [0.5, 0.6) is 0 Å². The molecule has 0 bridgehead atoms. The third kappa shape index (κ3) is 3.09. The highest BCUT2D eigenvalue weighted by molar-refractivity contribution is 6.30. The summed E-state index contributed by atoms with van der Waals surface area (Å²) in [6, 6.07) is 15.2. The maximum Gasteiger partial charge on any atom is 0.321 e. The smallest absolute Gasteiger partial charge is 0.321 e. The molecule has 3 rings (SSSR count). The molecule has 0 radical (unpaired) electrons. The number of aliphatic carboxylic acids is 1. The van der Waals surface area contributed by atoms with Gasteiger partial charge in [-0.25, -0.2) is 0 Å². The standard InChI is InChI=1S/C17H16ClNO2/c18-15-7-6-13-9-16(17(20)21)19(11-14(13)8-15)10-12-4-2-1-3-5-12/h1-8,16H,9-11H2,(H,20,21). The molecule has 0 saturated carbocycles. The number of fused-ring (bicyclic) bond motifs is 1. The number of carboxylic acids is 1. The van der Waals surface area contributed by atoms with E-state index in [-0.39, 0.29) is 0 Å². The monoisotopic (exact) mass is 301 g/mol. The van der Waals surface area contributed by atoms with Gasteiger partial charge in [0.2, 0.25) is 0 Å². The van der Waals surface area contributed by atoms with Gasteiger partial charge < -0.3 is 5.11 Å². The predicted molar refractivity (Wildman–Crippen MR) is 82.3 cm³/mol. The number of nitrogens with zero attached hydrogens (tertiary/aromatic N) is 1. The highest BCUT2D eigenvalue weighted by Gasteiger charge is 2.31. The Bertz CT molecular complexity index is 657. The number of halogens is 1. The number of benzene rings is 2. The second-order valence-electron chi connectivity index (χ2n) is 5.36. The Morgan fingerprint density at radius 1 is 1.19 bits per heavy atom. The summed E-state index contributed by atoms with van der Waals surface area (Å²) >= 11 is 6.05. The van der Waals surface area contributed by atoms with Gasteiger partial charge in [-0.15, -0.1) is 0 Å². The van der Waals surface area contributed by atoms with Crippen molar-refractivity contribution in [3.8, 4) is 0 Å². The Morgan fingerprint density at radius 2 is 1.95 bits per heavy atom. The van der Waals surface area contributed by atoms with Crippen molar-refractivity contribution in [1.29, 1.82) is 0 Å². The van der Waals surface area contributed by atoms with Crippen LogP contribution in [0, 0.1) is 0 Å². The summed E-state index contributed by atoms with van der Waals surface area (Å²) in [6.07, 6.45) is 0.522. The fourth-order valence-corrected chi connectivity index (χ4v) is 3.03. The molecule has 0 fully saturated rings. The fraction of sp³-hybridized carbons (Fsp3) is 0.235. The largest absolute Gasteiger partial charge is 0.480 e. The van der Waals surface area contributed by atoms with Crippen molar-refractivity contribution in [1.82, 2.24) is 4.90 Å². The number of hydrogen-bond donors (Lipinski definition) is 1. The van der Waals surface area contributed by atoms with E-state index in [1.165, 1.54) is 0 Å². The zero-order chi connectivity index (χ0) is 14.8. The van der Waals surface area contributed by atoms with Crippen LogP contribution in [-0.2, 0) is 24.3 Å². The third-order valence-corrected chi connectivity index (χ3v) is 4.14. The molecule has 1 N–H and O–H groups in total. The van der Waals surface area contributed by atoms with Gasteiger partial charge in [0.25, 0.3) is 0 Å². The normalized spacial score (nSPS) is 18.2. The van der Waals surface area contributed by atoms with E-state index in [2.05, 4.69) is 0 Å². The first-order valence-corrected chi connectivity index (χ1v) is 7.29. The van der Waals surface area contributed by atoms with Crippen molar-refractivity contribution in [2.75, 3.05) is 0 Å². The van der Waals surface area contributed by atoms with Crippen LogP contribution in [0.4, 0.5) is 0 Å². The van der Waals surface area contributed by atoms with Crippen LogP contribution < -0.4 is 0 Å². The van der Waals surface area contributed by atoms with Crippen molar-refractivity contribution >= 4 is 17.6 Å². The molecule has 2 aromatic carbocycles. The molecule has 1 atom stereocenters. The SMILES string of the molecule is O=C(O)C1Cc2ccc(Cl)cc2CN1Cc1ccccc1. The Labute approximate surface area is 128 Å². The van der Waals surface area contributed by atoms with Crippen molar-refractivity contribution in [2.45, 2.75) is 25.6 Å². The zero-order valence-corrected chi connectivity index (χ0v) is 12.3. The maximum absolute atomic E-state index is 11.6. The van der Waals surface area contributed by atoms with Crippen LogP contribution in [0.25, 0.3) is 0 Å². The second kappa shape index (κ2) is 5.88. The minimum Gasteiger partial charge on any atom is -0.480 e. The number of hydrogen-bond acceptors (Lipinski definition) is 2. The molecule has 0 spiro atoms. The summed E-state index contributed by atoms with van der Waals surface area (Å²) in [4.78, 5) is 13.6. The predicted octanol–water partition coefficient (Wildman–Crippen LogP) is 3.35. The lowest BCUT2D eigenvalue weighted by molar-refractivity contribution is -0.144. The molecule has 21 heavy (non-hydrogen) atoms. The summed E-state index contributed by atoms with van der Waals surface area (Å²) in [5.74, 6) is -0.772. The Kier molecular flexibility index (Phi) is 3.95. The van der Waals surface area contributed by atoms with Crippen LogP contribution >= 0.6 is 11.6 Å². The molecular formula is C17H16ClNO2. The molecular weight excluding hydrogens is 286 g/mol. The Morgan fingerprint density at radius 3 is 2.67 bits per heavy atom. The zero-order valence-electron chi connectivity index (χ0n) is 11.5. The van der Waals surface area contributed by atoms with Crippen LogP contribution in [0.3, 0.4) is 0 Å². The summed E-state index contributed by atoms with van der Waals surface area (Å²) in [6.45, 7) is 1.24. The van der Waals surface area contributed by atoms with Gasteiger partial charge in [-0.1, -0.05) is 48.0 Å². The van der Waals surface area contributed by atoms with Gasteiger partial charge >= 0.3 is 5.97 Å². The van der Waals surface area contributed by atoms with Crippen LogP contribution in [-0.4, -0.2) is 22.0 Å².